The first kappa shape index (κ1) is 11.3. The lowest BCUT2D eigenvalue weighted by Crippen LogP contribution is -1.97. The number of aryl methyl sites for hydroxylation is 1. The molecule has 0 aliphatic rings. The Kier molecular flexibility index (Phi) is 3.08. The zero-order chi connectivity index (χ0) is 11.7. The van der Waals surface area contributed by atoms with Gasteiger partial charge in [-0.15, -0.1) is 0 Å². The molecule has 82 valence electrons. The average molecular weight is 257 g/mol. The Bertz CT molecular complexity index is 520. The van der Waals surface area contributed by atoms with E-state index in [4.69, 9.17) is 23.2 Å². The molecule has 1 aromatic heterocycles. The third-order valence-electron chi connectivity index (χ3n) is 2.09. The second-order valence-corrected chi connectivity index (χ2v) is 3.98. The Morgan fingerprint density at radius 2 is 1.81 bits per heavy atom. The monoisotopic (exact) mass is 256 g/mol. The molecule has 0 unspecified atom stereocenters. The van der Waals surface area contributed by atoms with Gasteiger partial charge >= 0.3 is 0 Å². The fourth-order valence-corrected chi connectivity index (χ4v) is 1.72. The lowest BCUT2D eigenvalue weighted by Gasteiger charge is -2.05. The summed E-state index contributed by atoms with van der Waals surface area (Å²) >= 11 is 11.6. The number of hydrogen-bond acceptors (Lipinski definition) is 2. The van der Waals surface area contributed by atoms with Crippen molar-refractivity contribution in [3.8, 4) is 11.4 Å². The summed E-state index contributed by atoms with van der Waals surface area (Å²) in [6.07, 6.45) is 0. The number of aromatic nitrogens is 2. The smallest absolute Gasteiger partial charge is 0.181 e. The van der Waals surface area contributed by atoms with E-state index >= 15 is 0 Å². The van der Waals surface area contributed by atoms with Crippen molar-refractivity contribution >= 4 is 23.2 Å². The number of nitrogens with zero attached hydrogens (tertiary/aromatic N) is 2. The maximum Gasteiger partial charge on any atom is 0.181 e. The molecule has 2 nitrogen and oxygen atoms in total. The van der Waals surface area contributed by atoms with Crippen molar-refractivity contribution in [2.24, 2.45) is 0 Å². The molecule has 0 fully saturated rings. The normalized spacial score (nSPS) is 10.5. The third kappa shape index (κ3) is 2.01. The molecule has 0 N–H and O–H groups in total. The fraction of sp³-hybridized carbons (Fsp3) is 0.0909. The summed E-state index contributed by atoms with van der Waals surface area (Å²) in [6, 6.07) is 7.07. The minimum absolute atomic E-state index is 0.192. The van der Waals surface area contributed by atoms with E-state index in [1.165, 1.54) is 6.92 Å². The predicted octanol–water partition coefficient (Wildman–Crippen LogP) is 3.90. The van der Waals surface area contributed by atoms with Gasteiger partial charge in [-0.1, -0.05) is 35.3 Å². The maximum atomic E-state index is 13.2. The van der Waals surface area contributed by atoms with Crippen LogP contribution in [0.5, 0.6) is 0 Å². The van der Waals surface area contributed by atoms with E-state index in [0.717, 1.165) is 0 Å². The zero-order valence-electron chi connectivity index (χ0n) is 8.34. The first-order valence-electron chi connectivity index (χ1n) is 4.54. The van der Waals surface area contributed by atoms with E-state index in [0.29, 0.717) is 16.4 Å². The van der Waals surface area contributed by atoms with Crippen molar-refractivity contribution in [3.05, 3.63) is 46.0 Å². The molecule has 0 amide bonds. The summed E-state index contributed by atoms with van der Waals surface area (Å²) in [5.41, 5.74) is 0.837. The minimum Gasteiger partial charge on any atom is -0.230 e. The van der Waals surface area contributed by atoms with Gasteiger partial charge in [0.2, 0.25) is 0 Å². The molecule has 0 spiro atoms. The average Bonchev–Trinajstić information content (AvgIpc) is 2.26. The highest BCUT2D eigenvalue weighted by molar-refractivity contribution is 6.33. The van der Waals surface area contributed by atoms with Gasteiger partial charge in [0.15, 0.2) is 16.8 Å². The number of halogens is 3. The summed E-state index contributed by atoms with van der Waals surface area (Å²) in [7, 11) is 0. The molecule has 5 heteroatoms. The molecule has 16 heavy (non-hydrogen) atoms. The molecular weight excluding hydrogens is 250 g/mol. The Morgan fingerprint density at radius 3 is 2.44 bits per heavy atom. The SMILES string of the molecule is Cc1nc(-c2ccccc2Cl)nc(Cl)c1F. The molecule has 1 aromatic carbocycles. The van der Waals surface area contributed by atoms with Gasteiger partial charge in [-0.05, 0) is 19.1 Å². The van der Waals surface area contributed by atoms with Crippen molar-refractivity contribution in [1.29, 1.82) is 0 Å². The van der Waals surface area contributed by atoms with Gasteiger partial charge in [0, 0.05) is 5.56 Å². The number of rotatable bonds is 1. The van der Waals surface area contributed by atoms with Crippen molar-refractivity contribution in [2.75, 3.05) is 0 Å². The lowest BCUT2D eigenvalue weighted by molar-refractivity contribution is 0.603. The predicted molar refractivity (Wildman–Crippen MR) is 62.2 cm³/mol. The fourth-order valence-electron chi connectivity index (χ4n) is 1.29. The van der Waals surface area contributed by atoms with Gasteiger partial charge in [-0.2, -0.15) is 0 Å². The van der Waals surface area contributed by atoms with Crippen molar-refractivity contribution in [1.82, 2.24) is 9.97 Å². The molecule has 0 aliphatic carbocycles. The maximum absolute atomic E-state index is 13.2. The molecule has 0 aliphatic heterocycles. The lowest BCUT2D eigenvalue weighted by atomic mass is 10.2. The Labute approximate surface area is 102 Å². The third-order valence-corrected chi connectivity index (χ3v) is 2.67. The van der Waals surface area contributed by atoms with Gasteiger partial charge in [0.05, 0.1) is 10.7 Å². The van der Waals surface area contributed by atoms with Crippen LogP contribution in [0.1, 0.15) is 5.69 Å². The molecule has 0 saturated heterocycles. The summed E-state index contributed by atoms with van der Waals surface area (Å²) in [4.78, 5) is 7.87. The molecule has 2 aromatic rings. The van der Waals surface area contributed by atoms with E-state index in [1.54, 1.807) is 24.3 Å². The molecular formula is C11H7Cl2FN2. The van der Waals surface area contributed by atoms with Crippen LogP contribution < -0.4 is 0 Å². The van der Waals surface area contributed by atoms with E-state index in [9.17, 15) is 4.39 Å². The largest absolute Gasteiger partial charge is 0.230 e. The van der Waals surface area contributed by atoms with Crippen molar-refractivity contribution in [3.63, 3.8) is 0 Å². The van der Waals surface area contributed by atoms with Crippen LogP contribution in [0.4, 0.5) is 4.39 Å². The summed E-state index contributed by atoms with van der Waals surface area (Å²) < 4.78 is 13.2. The van der Waals surface area contributed by atoms with E-state index in [-0.39, 0.29) is 10.8 Å². The molecule has 0 bridgehead atoms. The summed E-state index contributed by atoms with van der Waals surface area (Å²) in [6.45, 7) is 1.53. The van der Waals surface area contributed by atoms with Crippen LogP contribution in [0.2, 0.25) is 10.2 Å². The van der Waals surface area contributed by atoms with Crippen LogP contribution in [0, 0.1) is 12.7 Å². The first-order valence-corrected chi connectivity index (χ1v) is 5.29. The molecule has 0 radical (unpaired) electrons. The highest BCUT2D eigenvalue weighted by Crippen LogP contribution is 2.26. The Hall–Kier alpha value is -1.19. The zero-order valence-corrected chi connectivity index (χ0v) is 9.85. The quantitative estimate of drug-likeness (QED) is 0.724. The molecule has 0 atom stereocenters. The minimum atomic E-state index is -0.600. The Morgan fingerprint density at radius 1 is 1.12 bits per heavy atom. The number of hydrogen-bond donors (Lipinski definition) is 0. The van der Waals surface area contributed by atoms with Crippen LogP contribution in [0.25, 0.3) is 11.4 Å². The van der Waals surface area contributed by atoms with Crippen molar-refractivity contribution in [2.45, 2.75) is 6.92 Å². The van der Waals surface area contributed by atoms with Gasteiger partial charge in [0.25, 0.3) is 0 Å². The number of benzene rings is 1. The molecule has 0 saturated carbocycles. The second-order valence-electron chi connectivity index (χ2n) is 3.22. The van der Waals surface area contributed by atoms with E-state index in [1.807, 2.05) is 0 Å². The highest BCUT2D eigenvalue weighted by Gasteiger charge is 2.12. The topological polar surface area (TPSA) is 25.8 Å². The van der Waals surface area contributed by atoms with E-state index in [2.05, 4.69) is 9.97 Å². The van der Waals surface area contributed by atoms with Crippen LogP contribution in [0.3, 0.4) is 0 Å². The molecule has 2 rings (SSSR count). The van der Waals surface area contributed by atoms with Gasteiger partial charge in [0.1, 0.15) is 0 Å². The van der Waals surface area contributed by atoms with Crippen LogP contribution in [0.15, 0.2) is 24.3 Å². The summed E-state index contributed by atoms with van der Waals surface area (Å²) in [5.74, 6) is -0.271. The Balaban J connectivity index is 2.62. The van der Waals surface area contributed by atoms with Gasteiger partial charge in [-0.3, -0.25) is 0 Å². The molecule has 1 heterocycles. The first-order chi connectivity index (χ1) is 7.59. The van der Waals surface area contributed by atoms with Crippen LogP contribution in [-0.4, -0.2) is 9.97 Å². The van der Waals surface area contributed by atoms with E-state index < -0.39 is 5.82 Å². The standard InChI is InChI=1S/C11H7Cl2FN2/c1-6-9(14)10(13)16-11(15-6)7-4-2-3-5-8(7)12/h2-5H,1H3. The van der Waals surface area contributed by atoms with Crippen LogP contribution in [-0.2, 0) is 0 Å². The van der Waals surface area contributed by atoms with Crippen LogP contribution >= 0.6 is 23.2 Å². The summed E-state index contributed by atoms with van der Waals surface area (Å²) in [5, 5.41) is 0.312. The van der Waals surface area contributed by atoms with Gasteiger partial charge in [-0.25, -0.2) is 14.4 Å². The van der Waals surface area contributed by atoms with Gasteiger partial charge < -0.3 is 0 Å². The second kappa shape index (κ2) is 4.36. The van der Waals surface area contributed by atoms with Crippen molar-refractivity contribution < 1.29 is 4.39 Å². The highest BCUT2D eigenvalue weighted by atomic mass is 35.5.